The van der Waals surface area contributed by atoms with Crippen molar-refractivity contribution >= 4 is 29.0 Å². The van der Waals surface area contributed by atoms with E-state index in [4.69, 9.17) is 0 Å². The number of nitrogens with one attached hydrogen (secondary N) is 1. The largest absolute Gasteiger partial charge is 0.390 e. The van der Waals surface area contributed by atoms with Crippen LogP contribution < -0.4 is 5.32 Å². The van der Waals surface area contributed by atoms with Gasteiger partial charge in [-0.05, 0) is 32.9 Å². The van der Waals surface area contributed by atoms with Gasteiger partial charge >= 0.3 is 0 Å². The lowest BCUT2D eigenvalue weighted by molar-refractivity contribution is 0.0960. The maximum absolute atomic E-state index is 11.7. The summed E-state index contributed by atoms with van der Waals surface area (Å²) in [6, 6.07) is 3.79. The van der Waals surface area contributed by atoms with Gasteiger partial charge in [-0.2, -0.15) is 11.8 Å². The van der Waals surface area contributed by atoms with E-state index in [-0.39, 0.29) is 5.91 Å². The van der Waals surface area contributed by atoms with E-state index in [0.717, 1.165) is 15.5 Å². The van der Waals surface area contributed by atoms with Crippen LogP contribution in [-0.2, 0) is 0 Å². The Bertz CT molecular complexity index is 369. The average molecular weight is 273 g/mol. The van der Waals surface area contributed by atoms with Crippen LogP contribution in [0.4, 0.5) is 0 Å². The van der Waals surface area contributed by atoms with Crippen molar-refractivity contribution in [3.8, 4) is 0 Å². The molecule has 0 radical (unpaired) electrons. The molecule has 3 nitrogen and oxygen atoms in total. The maximum Gasteiger partial charge on any atom is 0.261 e. The molecule has 17 heavy (non-hydrogen) atoms. The van der Waals surface area contributed by atoms with Crippen LogP contribution in [0.2, 0.25) is 0 Å². The minimum atomic E-state index is -0.639. The SMILES string of the molecule is Cc1ccc(C(=O)NCCSCC(C)(C)O)s1. The molecule has 1 aromatic rings. The molecule has 0 bridgehead atoms. The highest BCUT2D eigenvalue weighted by atomic mass is 32.2. The summed E-state index contributed by atoms with van der Waals surface area (Å²) in [5.41, 5.74) is -0.639. The lowest BCUT2D eigenvalue weighted by Gasteiger charge is -2.15. The molecule has 1 aromatic heterocycles. The zero-order valence-electron chi connectivity index (χ0n) is 10.4. The van der Waals surface area contributed by atoms with Gasteiger partial charge in [-0.1, -0.05) is 0 Å². The molecule has 96 valence electrons. The third kappa shape index (κ3) is 6.10. The molecule has 0 aromatic carbocycles. The summed E-state index contributed by atoms with van der Waals surface area (Å²) in [7, 11) is 0. The van der Waals surface area contributed by atoms with E-state index in [9.17, 15) is 9.90 Å². The van der Waals surface area contributed by atoms with Gasteiger partial charge in [0, 0.05) is 22.9 Å². The van der Waals surface area contributed by atoms with E-state index < -0.39 is 5.60 Å². The molecule has 5 heteroatoms. The van der Waals surface area contributed by atoms with Crippen molar-refractivity contribution < 1.29 is 9.90 Å². The molecule has 1 heterocycles. The van der Waals surface area contributed by atoms with Crippen molar-refractivity contribution in [2.75, 3.05) is 18.1 Å². The Morgan fingerprint density at radius 3 is 2.76 bits per heavy atom. The molecule has 0 saturated carbocycles. The first-order valence-electron chi connectivity index (χ1n) is 5.53. The molecule has 1 rings (SSSR count). The molecule has 0 aliphatic carbocycles. The quantitative estimate of drug-likeness (QED) is 0.782. The fourth-order valence-electron chi connectivity index (χ4n) is 1.20. The summed E-state index contributed by atoms with van der Waals surface area (Å²) in [6.45, 7) is 6.19. The van der Waals surface area contributed by atoms with Crippen molar-refractivity contribution in [2.45, 2.75) is 26.4 Å². The minimum Gasteiger partial charge on any atom is -0.390 e. The highest BCUT2D eigenvalue weighted by molar-refractivity contribution is 7.99. The Balaban J connectivity index is 2.17. The van der Waals surface area contributed by atoms with E-state index >= 15 is 0 Å². The maximum atomic E-state index is 11.7. The standard InChI is InChI=1S/C12H19NO2S2/c1-9-4-5-10(17-9)11(14)13-6-7-16-8-12(2,3)15/h4-5,15H,6-8H2,1-3H3,(H,13,14). The number of thiophene rings is 1. The Morgan fingerprint density at radius 2 is 2.24 bits per heavy atom. The summed E-state index contributed by atoms with van der Waals surface area (Å²) < 4.78 is 0. The molecule has 1 amide bonds. The van der Waals surface area contributed by atoms with Gasteiger partial charge in [0.1, 0.15) is 0 Å². The Kier molecular flexibility index (Phi) is 5.49. The van der Waals surface area contributed by atoms with Gasteiger partial charge in [-0.3, -0.25) is 4.79 Å². The number of carbonyl (C=O) groups excluding carboxylic acids is 1. The summed E-state index contributed by atoms with van der Waals surface area (Å²) >= 11 is 3.15. The van der Waals surface area contributed by atoms with Crippen LogP contribution in [-0.4, -0.2) is 34.7 Å². The third-order valence-corrected chi connectivity index (χ3v) is 4.35. The monoisotopic (exact) mass is 273 g/mol. The average Bonchev–Trinajstić information content (AvgIpc) is 2.62. The van der Waals surface area contributed by atoms with Crippen LogP contribution >= 0.6 is 23.1 Å². The zero-order valence-corrected chi connectivity index (χ0v) is 12.1. The van der Waals surface area contributed by atoms with Crippen LogP contribution in [0.15, 0.2) is 12.1 Å². The molecule has 0 aliphatic heterocycles. The van der Waals surface area contributed by atoms with Crippen molar-refractivity contribution in [2.24, 2.45) is 0 Å². The van der Waals surface area contributed by atoms with E-state index in [0.29, 0.717) is 12.3 Å². The summed E-state index contributed by atoms with van der Waals surface area (Å²) in [5, 5.41) is 12.4. The number of amides is 1. The van der Waals surface area contributed by atoms with E-state index in [1.807, 2.05) is 19.1 Å². The van der Waals surface area contributed by atoms with Crippen LogP contribution in [0.1, 0.15) is 28.4 Å². The first-order chi connectivity index (χ1) is 7.88. The highest BCUT2D eigenvalue weighted by Crippen LogP contribution is 2.15. The fourth-order valence-corrected chi connectivity index (χ4v) is 2.88. The molecule has 0 atom stereocenters. The number of carbonyl (C=O) groups is 1. The van der Waals surface area contributed by atoms with Gasteiger partial charge in [0.2, 0.25) is 0 Å². The number of aryl methyl sites for hydroxylation is 1. The number of hydrogen-bond donors (Lipinski definition) is 2. The third-order valence-electron chi connectivity index (χ3n) is 1.95. The number of aliphatic hydroxyl groups is 1. The van der Waals surface area contributed by atoms with Crippen molar-refractivity contribution in [3.63, 3.8) is 0 Å². The van der Waals surface area contributed by atoms with Gasteiger partial charge in [0.05, 0.1) is 10.5 Å². The first-order valence-corrected chi connectivity index (χ1v) is 7.50. The topological polar surface area (TPSA) is 49.3 Å². The van der Waals surface area contributed by atoms with Crippen LogP contribution in [0.25, 0.3) is 0 Å². The number of hydrogen-bond acceptors (Lipinski definition) is 4. The van der Waals surface area contributed by atoms with Crippen molar-refractivity contribution in [3.05, 3.63) is 21.9 Å². The zero-order chi connectivity index (χ0) is 12.9. The van der Waals surface area contributed by atoms with Gasteiger partial charge in [0.25, 0.3) is 5.91 Å². The molecule has 0 fully saturated rings. The first kappa shape index (κ1) is 14.5. The van der Waals surface area contributed by atoms with Crippen molar-refractivity contribution in [1.29, 1.82) is 0 Å². The normalized spacial score (nSPS) is 11.5. The van der Waals surface area contributed by atoms with Gasteiger partial charge in [-0.15, -0.1) is 11.3 Å². The second-order valence-electron chi connectivity index (χ2n) is 4.53. The van der Waals surface area contributed by atoms with Gasteiger partial charge in [0.15, 0.2) is 0 Å². The lowest BCUT2D eigenvalue weighted by atomic mass is 10.2. The Labute approximate surface area is 111 Å². The van der Waals surface area contributed by atoms with Gasteiger partial charge < -0.3 is 10.4 Å². The van der Waals surface area contributed by atoms with Crippen molar-refractivity contribution in [1.82, 2.24) is 5.32 Å². The predicted molar refractivity (Wildman–Crippen MR) is 75.0 cm³/mol. The molecule has 0 aliphatic rings. The lowest BCUT2D eigenvalue weighted by Crippen LogP contribution is -2.27. The van der Waals surface area contributed by atoms with Crippen LogP contribution in [0.3, 0.4) is 0 Å². The molecule has 0 spiro atoms. The predicted octanol–water partition coefficient (Wildman–Crippen LogP) is 2.29. The second kappa shape index (κ2) is 6.42. The molecule has 2 N–H and O–H groups in total. The van der Waals surface area contributed by atoms with Crippen LogP contribution in [0.5, 0.6) is 0 Å². The summed E-state index contributed by atoms with van der Waals surface area (Å²) in [6.07, 6.45) is 0. The smallest absolute Gasteiger partial charge is 0.261 e. The second-order valence-corrected chi connectivity index (χ2v) is 6.92. The van der Waals surface area contributed by atoms with Crippen LogP contribution in [0, 0.1) is 6.92 Å². The van der Waals surface area contributed by atoms with E-state index in [1.165, 1.54) is 11.3 Å². The molecular weight excluding hydrogens is 254 g/mol. The molecule has 0 unspecified atom stereocenters. The fraction of sp³-hybridized carbons (Fsp3) is 0.583. The Morgan fingerprint density at radius 1 is 1.53 bits per heavy atom. The summed E-state index contributed by atoms with van der Waals surface area (Å²) in [5.74, 6) is 1.49. The van der Waals surface area contributed by atoms with Gasteiger partial charge in [-0.25, -0.2) is 0 Å². The highest BCUT2D eigenvalue weighted by Gasteiger charge is 2.12. The van der Waals surface area contributed by atoms with E-state index in [2.05, 4.69) is 5.32 Å². The number of rotatable bonds is 6. The minimum absolute atomic E-state index is 0.00745. The van der Waals surface area contributed by atoms with E-state index in [1.54, 1.807) is 25.6 Å². The molecule has 0 saturated heterocycles. The number of thioether (sulfide) groups is 1. The summed E-state index contributed by atoms with van der Waals surface area (Å²) in [4.78, 5) is 13.6. The molecular formula is C12H19NO2S2. The Hall–Kier alpha value is -0.520.